The van der Waals surface area contributed by atoms with Crippen molar-refractivity contribution in [2.75, 3.05) is 14.2 Å². The lowest BCUT2D eigenvalue weighted by atomic mass is 10.1. The van der Waals surface area contributed by atoms with Gasteiger partial charge in [-0.1, -0.05) is 0 Å². The van der Waals surface area contributed by atoms with E-state index < -0.39 is 0 Å². The van der Waals surface area contributed by atoms with Crippen molar-refractivity contribution in [3.8, 4) is 11.5 Å². The van der Waals surface area contributed by atoms with Crippen molar-refractivity contribution in [1.29, 1.82) is 0 Å². The van der Waals surface area contributed by atoms with Crippen molar-refractivity contribution in [2.45, 2.75) is 13.0 Å². The Kier molecular flexibility index (Phi) is 4.00. The van der Waals surface area contributed by atoms with E-state index in [1.54, 1.807) is 14.2 Å². The molecular weight excluding hydrogens is 293 g/mol. The van der Waals surface area contributed by atoms with Crippen LogP contribution < -0.4 is 15.2 Å². The minimum Gasteiger partial charge on any atom is -0.496 e. The van der Waals surface area contributed by atoms with Crippen LogP contribution in [0.15, 0.2) is 12.1 Å². The minimum atomic E-state index is -0.0594. The second-order valence-electron chi connectivity index (χ2n) is 3.02. The molecule has 0 amide bonds. The number of halogens is 1. The van der Waals surface area contributed by atoms with Gasteiger partial charge in [-0.2, -0.15) is 0 Å². The van der Waals surface area contributed by atoms with Crippen molar-refractivity contribution in [3.63, 3.8) is 0 Å². The fourth-order valence-electron chi connectivity index (χ4n) is 1.24. The van der Waals surface area contributed by atoms with Crippen molar-refractivity contribution in [1.82, 2.24) is 0 Å². The van der Waals surface area contributed by atoms with Gasteiger partial charge in [-0.15, -0.1) is 0 Å². The third-order valence-corrected chi connectivity index (χ3v) is 2.84. The molecule has 2 N–H and O–H groups in total. The van der Waals surface area contributed by atoms with Crippen LogP contribution in [-0.2, 0) is 0 Å². The first-order valence-corrected chi connectivity index (χ1v) is 5.35. The van der Waals surface area contributed by atoms with Gasteiger partial charge >= 0.3 is 0 Å². The molecule has 1 aromatic rings. The van der Waals surface area contributed by atoms with E-state index >= 15 is 0 Å². The molecule has 1 rings (SSSR count). The summed E-state index contributed by atoms with van der Waals surface area (Å²) in [7, 11) is 3.29. The molecule has 1 aromatic carbocycles. The quantitative estimate of drug-likeness (QED) is 0.872. The summed E-state index contributed by atoms with van der Waals surface area (Å²) in [6.07, 6.45) is 0. The standard InChI is InChI=1S/C10H14INO2/c1-6(12)7-4-10(14-3)8(11)5-9(7)13-2/h4-6H,12H2,1-3H3. The first-order valence-electron chi connectivity index (χ1n) is 4.27. The molecule has 78 valence electrons. The number of hydrogen-bond donors (Lipinski definition) is 1. The molecule has 0 aliphatic rings. The zero-order valence-electron chi connectivity index (χ0n) is 8.50. The summed E-state index contributed by atoms with van der Waals surface area (Å²) >= 11 is 2.20. The highest BCUT2D eigenvalue weighted by Gasteiger charge is 2.12. The highest BCUT2D eigenvalue weighted by Crippen LogP contribution is 2.32. The van der Waals surface area contributed by atoms with Gasteiger partial charge in [-0.25, -0.2) is 0 Å². The van der Waals surface area contributed by atoms with Gasteiger partial charge in [0.25, 0.3) is 0 Å². The lowest BCUT2D eigenvalue weighted by molar-refractivity contribution is 0.394. The average molecular weight is 307 g/mol. The zero-order valence-corrected chi connectivity index (χ0v) is 10.7. The first kappa shape index (κ1) is 11.6. The largest absolute Gasteiger partial charge is 0.496 e. The average Bonchev–Trinajstić information content (AvgIpc) is 2.16. The summed E-state index contributed by atoms with van der Waals surface area (Å²) in [5, 5.41) is 0. The molecule has 14 heavy (non-hydrogen) atoms. The first-order chi connectivity index (χ1) is 6.60. The van der Waals surface area contributed by atoms with Gasteiger partial charge in [-0.05, 0) is 41.6 Å². The van der Waals surface area contributed by atoms with E-state index in [0.29, 0.717) is 0 Å². The molecule has 0 spiro atoms. The number of nitrogens with two attached hydrogens (primary N) is 1. The van der Waals surface area contributed by atoms with Crippen LogP contribution in [-0.4, -0.2) is 14.2 Å². The number of ether oxygens (including phenoxy) is 2. The monoisotopic (exact) mass is 307 g/mol. The van der Waals surface area contributed by atoms with Crippen molar-refractivity contribution in [2.24, 2.45) is 5.73 Å². The van der Waals surface area contributed by atoms with E-state index in [4.69, 9.17) is 15.2 Å². The van der Waals surface area contributed by atoms with Gasteiger partial charge in [0.05, 0.1) is 17.8 Å². The second kappa shape index (κ2) is 4.84. The Morgan fingerprint density at radius 2 is 1.79 bits per heavy atom. The molecule has 1 atom stereocenters. The number of methoxy groups -OCH3 is 2. The third-order valence-electron chi connectivity index (χ3n) is 1.99. The topological polar surface area (TPSA) is 44.5 Å². The highest BCUT2D eigenvalue weighted by molar-refractivity contribution is 14.1. The predicted molar refractivity (Wildman–Crippen MR) is 64.9 cm³/mol. The van der Waals surface area contributed by atoms with E-state index in [-0.39, 0.29) is 6.04 Å². The predicted octanol–water partition coefficient (Wildman–Crippen LogP) is 2.33. The molecule has 0 aliphatic heterocycles. The molecule has 0 aromatic heterocycles. The fraction of sp³-hybridized carbons (Fsp3) is 0.400. The van der Waals surface area contributed by atoms with Crippen LogP contribution >= 0.6 is 22.6 Å². The van der Waals surface area contributed by atoms with E-state index in [1.807, 2.05) is 19.1 Å². The Morgan fingerprint density at radius 1 is 1.21 bits per heavy atom. The number of rotatable bonds is 3. The number of benzene rings is 1. The van der Waals surface area contributed by atoms with Gasteiger partial charge in [0.1, 0.15) is 11.5 Å². The van der Waals surface area contributed by atoms with Crippen LogP contribution in [0.3, 0.4) is 0 Å². The van der Waals surface area contributed by atoms with Gasteiger partial charge in [0, 0.05) is 11.6 Å². The summed E-state index contributed by atoms with van der Waals surface area (Å²) < 4.78 is 11.5. The maximum absolute atomic E-state index is 5.83. The Balaban J connectivity index is 3.25. The minimum absolute atomic E-state index is 0.0594. The highest BCUT2D eigenvalue weighted by atomic mass is 127. The summed E-state index contributed by atoms with van der Waals surface area (Å²) in [5.41, 5.74) is 6.79. The Morgan fingerprint density at radius 3 is 2.21 bits per heavy atom. The molecule has 3 nitrogen and oxygen atoms in total. The Bertz CT molecular complexity index is 326. The van der Waals surface area contributed by atoms with E-state index in [0.717, 1.165) is 20.6 Å². The summed E-state index contributed by atoms with van der Waals surface area (Å²) in [6.45, 7) is 1.92. The van der Waals surface area contributed by atoms with Crippen LogP contribution in [0.4, 0.5) is 0 Å². The van der Waals surface area contributed by atoms with Gasteiger partial charge in [0.15, 0.2) is 0 Å². The lowest BCUT2D eigenvalue weighted by Gasteiger charge is -2.14. The van der Waals surface area contributed by atoms with Crippen LogP contribution in [0.5, 0.6) is 11.5 Å². The molecule has 0 heterocycles. The van der Waals surface area contributed by atoms with Crippen molar-refractivity contribution in [3.05, 3.63) is 21.3 Å². The number of hydrogen-bond acceptors (Lipinski definition) is 3. The van der Waals surface area contributed by atoms with Gasteiger partial charge < -0.3 is 15.2 Å². The summed E-state index contributed by atoms with van der Waals surface area (Å²) in [5.74, 6) is 1.64. The van der Waals surface area contributed by atoms with Crippen LogP contribution in [0, 0.1) is 3.57 Å². The SMILES string of the molecule is COc1cc(C(C)N)c(OC)cc1I. The molecule has 1 unspecified atom stereocenters. The maximum atomic E-state index is 5.83. The van der Waals surface area contributed by atoms with Crippen LogP contribution in [0.25, 0.3) is 0 Å². The van der Waals surface area contributed by atoms with Crippen molar-refractivity contribution >= 4 is 22.6 Å². The van der Waals surface area contributed by atoms with Gasteiger partial charge in [-0.3, -0.25) is 0 Å². The fourth-order valence-corrected chi connectivity index (χ4v) is 1.90. The zero-order chi connectivity index (χ0) is 10.7. The normalized spacial score (nSPS) is 12.4. The summed E-state index contributed by atoms with van der Waals surface area (Å²) in [6, 6.07) is 3.79. The maximum Gasteiger partial charge on any atom is 0.132 e. The molecule has 0 bridgehead atoms. The van der Waals surface area contributed by atoms with Crippen molar-refractivity contribution < 1.29 is 9.47 Å². The van der Waals surface area contributed by atoms with E-state index in [1.165, 1.54) is 0 Å². The van der Waals surface area contributed by atoms with Crippen LogP contribution in [0.2, 0.25) is 0 Å². The lowest BCUT2D eigenvalue weighted by Crippen LogP contribution is -2.07. The van der Waals surface area contributed by atoms with Crippen LogP contribution in [0.1, 0.15) is 18.5 Å². The van der Waals surface area contributed by atoms with E-state index in [9.17, 15) is 0 Å². The summed E-state index contributed by atoms with van der Waals surface area (Å²) in [4.78, 5) is 0. The van der Waals surface area contributed by atoms with E-state index in [2.05, 4.69) is 22.6 Å². The molecule has 4 heteroatoms. The second-order valence-corrected chi connectivity index (χ2v) is 4.18. The third kappa shape index (κ3) is 2.30. The molecule has 0 aliphatic carbocycles. The molecule has 0 radical (unpaired) electrons. The molecule has 0 fully saturated rings. The molecule has 0 saturated heterocycles. The Labute approximate surface area is 97.7 Å². The Hall–Kier alpha value is -0.490. The smallest absolute Gasteiger partial charge is 0.132 e. The molecule has 0 saturated carbocycles. The molecular formula is C10H14INO2. The van der Waals surface area contributed by atoms with Gasteiger partial charge in [0.2, 0.25) is 0 Å².